The molecule has 2 aromatic rings. The van der Waals surface area contributed by atoms with Gasteiger partial charge in [0.25, 0.3) is 0 Å². The molecule has 6 nitrogen and oxygen atoms in total. The number of carbonyl (C=O) groups excluding carboxylic acids is 1. The van der Waals surface area contributed by atoms with E-state index in [0.29, 0.717) is 18.0 Å². The number of nitrogens with one attached hydrogen (secondary N) is 1. The van der Waals surface area contributed by atoms with Gasteiger partial charge >= 0.3 is 0 Å². The number of carbonyl (C=O) groups is 1. The lowest BCUT2D eigenvalue weighted by atomic mass is 10.1. The minimum atomic E-state index is -3.68. The molecule has 2 aliphatic rings. The summed E-state index contributed by atoms with van der Waals surface area (Å²) in [7, 11) is -3.68. The van der Waals surface area contributed by atoms with Crippen molar-refractivity contribution in [3.8, 4) is 0 Å². The Morgan fingerprint density at radius 1 is 0.967 bits per heavy atom. The molecule has 1 N–H and O–H groups in total. The molecule has 0 saturated carbocycles. The molecule has 2 aliphatic heterocycles. The average molecular weight is 448 g/mol. The summed E-state index contributed by atoms with van der Waals surface area (Å²) in [6, 6.07) is 14.0. The SMILES string of the molecule is O=C1CCCN1c1ccc(S(=O)(=O)NC[C@@H](c2ccccc2Cl)N2CCCC2)cc1. The van der Waals surface area contributed by atoms with E-state index >= 15 is 0 Å². The van der Waals surface area contributed by atoms with Gasteiger partial charge in [-0.1, -0.05) is 29.8 Å². The van der Waals surface area contributed by atoms with E-state index in [4.69, 9.17) is 11.6 Å². The van der Waals surface area contributed by atoms with Crippen LogP contribution in [-0.2, 0) is 14.8 Å². The van der Waals surface area contributed by atoms with Crippen molar-refractivity contribution in [2.45, 2.75) is 36.6 Å². The van der Waals surface area contributed by atoms with Crippen LogP contribution in [0.5, 0.6) is 0 Å². The first-order valence-electron chi connectivity index (χ1n) is 10.3. The van der Waals surface area contributed by atoms with Crippen LogP contribution in [0.4, 0.5) is 5.69 Å². The maximum Gasteiger partial charge on any atom is 0.240 e. The maximum absolute atomic E-state index is 12.9. The largest absolute Gasteiger partial charge is 0.312 e. The van der Waals surface area contributed by atoms with E-state index in [1.807, 2.05) is 24.3 Å². The quantitative estimate of drug-likeness (QED) is 0.704. The first-order chi connectivity index (χ1) is 14.5. The van der Waals surface area contributed by atoms with Crippen LogP contribution in [-0.4, -0.2) is 45.4 Å². The van der Waals surface area contributed by atoms with Gasteiger partial charge in [-0.15, -0.1) is 0 Å². The molecular weight excluding hydrogens is 422 g/mol. The van der Waals surface area contributed by atoms with Gasteiger partial charge in [-0.2, -0.15) is 0 Å². The topological polar surface area (TPSA) is 69.7 Å². The zero-order chi connectivity index (χ0) is 21.1. The third-order valence-corrected chi connectivity index (χ3v) is 7.63. The second kappa shape index (κ2) is 9.06. The molecule has 2 heterocycles. The molecule has 1 amide bonds. The first kappa shape index (κ1) is 21.3. The number of benzene rings is 2. The molecule has 2 aromatic carbocycles. The summed E-state index contributed by atoms with van der Waals surface area (Å²) in [6.45, 7) is 2.78. The van der Waals surface area contributed by atoms with Crippen LogP contribution >= 0.6 is 11.6 Å². The Balaban J connectivity index is 1.50. The Bertz CT molecular complexity index is 1000. The lowest BCUT2D eigenvalue weighted by Crippen LogP contribution is -2.37. The molecule has 0 bridgehead atoms. The van der Waals surface area contributed by atoms with Crippen molar-refractivity contribution in [1.82, 2.24) is 9.62 Å². The smallest absolute Gasteiger partial charge is 0.240 e. The fraction of sp³-hybridized carbons (Fsp3) is 0.409. The second-order valence-corrected chi connectivity index (χ2v) is 9.95. The van der Waals surface area contributed by atoms with Crippen molar-refractivity contribution in [3.05, 3.63) is 59.1 Å². The van der Waals surface area contributed by atoms with E-state index in [9.17, 15) is 13.2 Å². The van der Waals surface area contributed by atoms with Crippen LogP contribution in [0.3, 0.4) is 0 Å². The number of rotatable bonds is 7. The van der Waals surface area contributed by atoms with Crippen LogP contribution in [0.1, 0.15) is 37.3 Å². The highest BCUT2D eigenvalue weighted by molar-refractivity contribution is 7.89. The average Bonchev–Trinajstić information content (AvgIpc) is 3.41. The highest BCUT2D eigenvalue weighted by atomic mass is 35.5. The van der Waals surface area contributed by atoms with Gasteiger partial charge in [0, 0.05) is 36.3 Å². The molecule has 30 heavy (non-hydrogen) atoms. The standard InChI is InChI=1S/C22H26ClN3O3S/c23-20-7-2-1-6-19(20)21(25-13-3-4-14-25)16-24-30(28,29)18-11-9-17(10-12-18)26-15-5-8-22(26)27/h1-2,6-7,9-12,21,24H,3-5,8,13-16H2/t21-/m0/s1. The molecule has 2 saturated heterocycles. The second-order valence-electron chi connectivity index (χ2n) is 7.78. The molecule has 0 radical (unpaired) electrons. The van der Waals surface area contributed by atoms with Crippen LogP contribution in [0.25, 0.3) is 0 Å². The number of likely N-dealkylation sites (tertiary alicyclic amines) is 1. The van der Waals surface area contributed by atoms with Gasteiger partial charge in [-0.25, -0.2) is 13.1 Å². The summed E-state index contributed by atoms with van der Waals surface area (Å²) < 4.78 is 28.6. The van der Waals surface area contributed by atoms with Gasteiger partial charge in [0.15, 0.2) is 0 Å². The highest BCUT2D eigenvalue weighted by Crippen LogP contribution is 2.30. The van der Waals surface area contributed by atoms with E-state index in [-0.39, 0.29) is 23.4 Å². The third kappa shape index (κ3) is 4.54. The molecule has 0 spiro atoms. The zero-order valence-electron chi connectivity index (χ0n) is 16.8. The fourth-order valence-corrected chi connectivity index (χ4v) is 5.53. The van der Waals surface area contributed by atoms with Gasteiger partial charge < -0.3 is 4.90 Å². The Morgan fingerprint density at radius 3 is 2.30 bits per heavy atom. The number of hydrogen-bond acceptors (Lipinski definition) is 4. The number of nitrogens with zero attached hydrogens (tertiary/aromatic N) is 2. The van der Waals surface area contributed by atoms with Crippen LogP contribution in [0.15, 0.2) is 53.4 Å². The molecule has 2 fully saturated rings. The highest BCUT2D eigenvalue weighted by Gasteiger charge is 2.27. The molecule has 0 aromatic heterocycles. The Morgan fingerprint density at radius 2 is 1.67 bits per heavy atom. The van der Waals surface area contributed by atoms with Gasteiger partial charge in [-0.05, 0) is 68.2 Å². The summed E-state index contributed by atoms with van der Waals surface area (Å²) in [5.74, 6) is 0.0805. The molecular formula is C22H26ClN3O3S. The van der Waals surface area contributed by atoms with Crippen LogP contribution < -0.4 is 9.62 Å². The van der Waals surface area contributed by atoms with E-state index in [1.54, 1.807) is 29.2 Å². The van der Waals surface area contributed by atoms with Gasteiger partial charge in [-0.3, -0.25) is 9.69 Å². The van der Waals surface area contributed by atoms with Gasteiger partial charge in [0.2, 0.25) is 15.9 Å². The number of hydrogen-bond donors (Lipinski definition) is 1. The van der Waals surface area contributed by atoms with Gasteiger partial charge in [0.1, 0.15) is 0 Å². The molecule has 0 aliphatic carbocycles. The number of halogens is 1. The Hall–Kier alpha value is -1.93. The third-order valence-electron chi connectivity index (χ3n) is 5.84. The van der Waals surface area contributed by atoms with Crippen molar-refractivity contribution in [3.63, 3.8) is 0 Å². The summed E-state index contributed by atoms with van der Waals surface area (Å²) in [5, 5.41) is 0.647. The molecule has 8 heteroatoms. The van der Waals surface area contributed by atoms with E-state index in [2.05, 4.69) is 9.62 Å². The minimum Gasteiger partial charge on any atom is -0.312 e. The van der Waals surface area contributed by atoms with Crippen molar-refractivity contribution in [1.29, 1.82) is 0 Å². The van der Waals surface area contributed by atoms with Crippen molar-refractivity contribution in [2.75, 3.05) is 31.1 Å². The number of sulfonamides is 1. The summed E-state index contributed by atoms with van der Waals surface area (Å²) in [6.07, 6.45) is 3.58. The van der Waals surface area contributed by atoms with Crippen molar-refractivity contribution in [2.24, 2.45) is 0 Å². The summed E-state index contributed by atoms with van der Waals surface area (Å²) in [4.78, 5) is 16.1. The Kier molecular flexibility index (Phi) is 6.43. The van der Waals surface area contributed by atoms with E-state index < -0.39 is 10.0 Å². The predicted octanol–water partition coefficient (Wildman–Crippen LogP) is 3.58. The van der Waals surface area contributed by atoms with Crippen LogP contribution in [0.2, 0.25) is 5.02 Å². The van der Waals surface area contributed by atoms with Crippen molar-refractivity contribution < 1.29 is 13.2 Å². The monoisotopic (exact) mass is 447 g/mol. The fourth-order valence-electron chi connectivity index (χ4n) is 4.23. The number of anilines is 1. The lowest BCUT2D eigenvalue weighted by Gasteiger charge is -2.29. The predicted molar refractivity (Wildman–Crippen MR) is 118 cm³/mol. The molecule has 4 rings (SSSR count). The summed E-state index contributed by atoms with van der Waals surface area (Å²) in [5.41, 5.74) is 1.68. The molecule has 160 valence electrons. The molecule has 1 atom stereocenters. The first-order valence-corrected chi connectivity index (χ1v) is 12.2. The normalized spacial score (nSPS) is 18.8. The van der Waals surface area contributed by atoms with E-state index in [1.165, 1.54) is 0 Å². The Labute approximate surface area is 182 Å². The summed E-state index contributed by atoms with van der Waals surface area (Å²) >= 11 is 6.42. The van der Waals surface area contributed by atoms with Crippen LogP contribution in [0, 0.1) is 0 Å². The lowest BCUT2D eigenvalue weighted by molar-refractivity contribution is -0.117. The molecule has 0 unspecified atom stereocenters. The van der Waals surface area contributed by atoms with Crippen molar-refractivity contribution >= 4 is 33.2 Å². The van der Waals surface area contributed by atoms with E-state index in [0.717, 1.165) is 43.6 Å². The van der Waals surface area contributed by atoms with Gasteiger partial charge in [0.05, 0.1) is 4.90 Å². The number of amides is 1. The maximum atomic E-state index is 12.9. The zero-order valence-corrected chi connectivity index (χ0v) is 18.3. The minimum absolute atomic E-state index is 0.0805.